The van der Waals surface area contributed by atoms with Gasteiger partial charge < -0.3 is 10.4 Å². The number of benzene rings is 1. The van der Waals surface area contributed by atoms with E-state index in [0.717, 1.165) is 37.8 Å². The first kappa shape index (κ1) is 14.8. The van der Waals surface area contributed by atoms with Crippen molar-refractivity contribution in [2.45, 2.75) is 44.8 Å². The first-order valence-corrected chi connectivity index (χ1v) is 7.30. The van der Waals surface area contributed by atoms with Crippen molar-refractivity contribution in [2.24, 2.45) is 5.92 Å². The summed E-state index contributed by atoms with van der Waals surface area (Å²) in [6, 6.07) is 5.01. The highest BCUT2D eigenvalue weighted by atomic mass is 35.5. The van der Waals surface area contributed by atoms with Crippen molar-refractivity contribution < 1.29 is 9.50 Å². The maximum absolute atomic E-state index is 13.4. The van der Waals surface area contributed by atoms with Crippen molar-refractivity contribution in [2.75, 3.05) is 6.54 Å². The van der Waals surface area contributed by atoms with Crippen LogP contribution in [0.2, 0.25) is 5.02 Å². The van der Waals surface area contributed by atoms with Crippen LogP contribution >= 0.6 is 11.6 Å². The zero-order chi connectivity index (χ0) is 13.8. The highest BCUT2D eigenvalue weighted by molar-refractivity contribution is 6.30. The highest BCUT2D eigenvalue weighted by Gasteiger charge is 2.20. The minimum absolute atomic E-state index is 0.0887. The van der Waals surface area contributed by atoms with Crippen LogP contribution in [-0.2, 0) is 0 Å². The normalized spacial score (nSPS) is 25.3. The van der Waals surface area contributed by atoms with Crippen LogP contribution in [0.3, 0.4) is 0 Å². The molecular weight excluding hydrogens is 265 g/mol. The fraction of sp³-hybridized carbons (Fsp3) is 0.600. The van der Waals surface area contributed by atoms with E-state index in [1.807, 2.05) is 13.0 Å². The maximum atomic E-state index is 13.4. The summed E-state index contributed by atoms with van der Waals surface area (Å²) < 4.78 is 13.4. The molecule has 3 unspecified atom stereocenters. The lowest BCUT2D eigenvalue weighted by Gasteiger charge is -2.27. The van der Waals surface area contributed by atoms with Crippen LogP contribution < -0.4 is 5.32 Å². The molecule has 0 aromatic heterocycles. The summed E-state index contributed by atoms with van der Waals surface area (Å²) >= 11 is 5.68. The fourth-order valence-electron chi connectivity index (χ4n) is 2.69. The van der Waals surface area contributed by atoms with E-state index in [1.165, 1.54) is 6.07 Å². The van der Waals surface area contributed by atoms with E-state index in [0.29, 0.717) is 5.92 Å². The van der Waals surface area contributed by atoms with Crippen LogP contribution in [0.5, 0.6) is 0 Å². The summed E-state index contributed by atoms with van der Waals surface area (Å²) in [6.07, 6.45) is 3.90. The second-order valence-corrected chi connectivity index (χ2v) is 5.90. The van der Waals surface area contributed by atoms with Crippen molar-refractivity contribution >= 4 is 11.6 Å². The van der Waals surface area contributed by atoms with Crippen molar-refractivity contribution in [3.63, 3.8) is 0 Å². The average molecular weight is 286 g/mol. The molecule has 0 amide bonds. The predicted octanol–water partition coefficient (Wildman–Crippen LogP) is 3.68. The minimum atomic E-state index is -0.374. The number of halogens is 2. The Labute approximate surface area is 119 Å². The Hall–Kier alpha value is -0.640. The molecule has 0 heterocycles. The van der Waals surface area contributed by atoms with Crippen LogP contribution in [0, 0.1) is 11.7 Å². The summed E-state index contributed by atoms with van der Waals surface area (Å²) in [6.45, 7) is 2.88. The number of hydrogen-bond acceptors (Lipinski definition) is 2. The Morgan fingerprint density at radius 3 is 2.95 bits per heavy atom. The zero-order valence-corrected chi connectivity index (χ0v) is 12.0. The van der Waals surface area contributed by atoms with Gasteiger partial charge >= 0.3 is 0 Å². The van der Waals surface area contributed by atoms with Crippen LogP contribution in [-0.4, -0.2) is 17.8 Å². The molecule has 0 aliphatic heterocycles. The van der Waals surface area contributed by atoms with E-state index in [9.17, 15) is 9.50 Å². The summed E-state index contributed by atoms with van der Waals surface area (Å²) in [5.41, 5.74) is 0.901. The predicted molar refractivity (Wildman–Crippen MR) is 75.8 cm³/mol. The van der Waals surface area contributed by atoms with Gasteiger partial charge in [-0.05, 0) is 56.3 Å². The standard InChI is InChI=1S/C15H21ClFNO/c1-10(12-5-6-14(16)15(17)8-12)18-9-11-3-2-4-13(19)7-11/h5-6,8,10-11,13,18-19H,2-4,7,9H2,1H3. The largest absolute Gasteiger partial charge is 0.393 e. The van der Waals surface area contributed by atoms with Crippen molar-refractivity contribution in [3.05, 3.63) is 34.6 Å². The molecule has 1 aromatic rings. The third-order valence-electron chi connectivity index (χ3n) is 3.91. The third-order valence-corrected chi connectivity index (χ3v) is 4.22. The molecule has 19 heavy (non-hydrogen) atoms. The Morgan fingerprint density at radius 1 is 1.47 bits per heavy atom. The maximum Gasteiger partial charge on any atom is 0.142 e. The van der Waals surface area contributed by atoms with Crippen LogP contribution in [0.15, 0.2) is 18.2 Å². The molecule has 106 valence electrons. The van der Waals surface area contributed by atoms with Gasteiger partial charge in [-0.3, -0.25) is 0 Å². The smallest absolute Gasteiger partial charge is 0.142 e. The van der Waals surface area contributed by atoms with Gasteiger partial charge in [-0.1, -0.05) is 24.1 Å². The molecule has 1 aromatic carbocycles. The number of hydrogen-bond donors (Lipinski definition) is 2. The van der Waals surface area contributed by atoms with Gasteiger partial charge in [-0.25, -0.2) is 4.39 Å². The van der Waals surface area contributed by atoms with E-state index < -0.39 is 0 Å². The average Bonchev–Trinajstić information content (AvgIpc) is 2.39. The third kappa shape index (κ3) is 4.16. The van der Waals surface area contributed by atoms with Crippen LogP contribution in [0.1, 0.15) is 44.2 Å². The zero-order valence-electron chi connectivity index (χ0n) is 11.2. The minimum Gasteiger partial charge on any atom is -0.393 e. The molecule has 1 saturated carbocycles. The van der Waals surface area contributed by atoms with Gasteiger partial charge in [0, 0.05) is 6.04 Å². The molecule has 1 aliphatic carbocycles. The molecule has 0 bridgehead atoms. The molecular formula is C15H21ClFNO. The lowest BCUT2D eigenvalue weighted by molar-refractivity contribution is 0.0998. The van der Waals surface area contributed by atoms with E-state index in [4.69, 9.17) is 11.6 Å². The second kappa shape index (κ2) is 6.69. The SMILES string of the molecule is CC(NCC1CCCC(O)C1)c1ccc(Cl)c(F)c1. The van der Waals surface area contributed by atoms with Crippen LogP contribution in [0.4, 0.5) is 4.39 Å². The Kier molecular flexibility index (Phi) is 5.20. The second-order valence-electron chi connectivity index (χ2n) is 5.49. The van der Waals surface area contributed by atoms with Gasteiger partial charge in [0.2, 0.25) is 0 Å². The fourth-order valence-corrected chi connectivity index (χ4v) is 2.81. The molecule has 2 rings (SSSR count). The number of aliphatic hydroxyl groups excluding tert-OH is 1. The van der Waals surface area contributed by atoms with Gasteiger partial charge in [0.15, 0.2) is 0 Å². The van der Waals surface area contributed by atoms with E-state index in [1.54, 1.807) is 6.07 Å². The summed E-state index contributed by atoms with van der Waals surface area (Å²) in [5.74, 6) is 0.143. The van der Waals surface area contributed by atoms with E-state index in [-0.39, 0.29) is 23.0 Å². The number of aliphatic hydroxyl groups is 1. The van der Waals surface area contributed by atoms with Gasteiger partial charge in [0.1, 0.15) is 5.82 Å². The molecule has 1 aliphatic rings. The van der Waals surface area contributed by atoms with E-state index in [2.05, 4.69) is 5.32 Å². The number of rotatable bonds is 4. The quantitative estimate of drug-likeness (QED) is 0.884. The lowest BCUT2D eigenvalue weighted by atomic mass is 9.87. The van der Waals surface area contributed by atoms with Gasteiger partial charge in [-0.2, -0.15) is 0 Å². The topological polar surface area (TPSA) is 32.3 Å². The molecule has 3 atom stereocenters. The molecule has 1 fully saturated rings. The molecule has 0 saturated heterocycles. The Balaban J connectivity index is 1.86. The monoisotopic (exact) mass is 285 g/mol. The summed E-state index contributed by atoms with van der Waals surface area (Å²) in [5, 5.41) is 13.2. The Morgan fingerprint density at radius 2 is 2.26 bits per heavy atom. The van der Waals surface area contributed by atoms with Crippen LogP contribution in [0.25, 0.3) is 0 Å². The summed E-state index contributed by atoms with van der Waals surface area (Å²) in [7, 11) is 0. The summed E-state index contributed by atoms with van der Waals surface area (Å²) in [4.78, 5) is 0. The molecule has 0 spiro atoms. The Bertz CT molecular complexity index is 427. The van der Waals surface area contributed by atoms with Crippen molar-refractivity contribution in [1.82, 2.24) is 5.32 Å². The van der Waals surface area contributed by atoms with Crippen molar-refractivity contribution in [3.8, 4) is 0 Å². The molecule has 0 radical (unpaired) electrons. The first-order valence-electron chi connectivity index (χ1n) is 6.92. The molecule has 2 N–H and O–H groups in total. The molecule has 2 nitrogen and oxygen atoms in total. The van der Waals surface area contributed by atoms with Crippen molar-refractivity contribution in [1.29, 1.82) is 0 Å². The lowest BCUT2D eigenvalue weighted by Crippen LogP contribution is -2.30. The molecule has 4 heteroatoms. The highest BCUT2D eigenvalue weighted by Crippen LogP contribution is 2.25. The number of nitrogens with one attached hydrogen (secondary N) is 1. The van der Waals surface area contributed by atoms with Gasteiger partial charge in [0.05, 0.1) is 11.1 Å². The van der Waals surface area contributed by atoms with E-state index >= 15 is 0 Å². The van der Waals surface area contributed by atoms with Gasteiger partial charge in [-0.15, -0.1) is 0 Å². The first-order chi connectivity index (χ1) is 9.06. The van der Waals surface area contributed by atoms with Gasteiger partial charge in [0.25, 0.3) is 0 Å².